The number of nitrogens with zero attached hydrogens (tertiary/aromatic N) is 2. The molecule has 0 N–H and O–H groups in total. The fraction of sp³-hybridized carbons (Fsp3) is 0.304. The third kappa shape index (κ3) is 3.17. The van der Waals surface area contributed by atoms with Gasteiger partial charge in [-0.05, 0) is 64.5 Å². The first-order valence-electron chi connectivity index (χ1n) is 9.39. The number of hydrogen-bond donors (Lipinski definition) is 0. The lowest BCUT2D eigenvalue weighted by Crippen LogP contribution is -2.24. The van der Waals surface area contributed by atoms with Gasteiger partial charge in [0.25, 0.3) is 5.91 Å². The van der Waals surface area contributed by atoms with Gasteiger partial charge in [-0.25, -0.2) is 4.79 Å². The van der Waals surface area contributed by atoms with E-state index in [-0.39, 0.29) is 5.91 Å². The van der Waals surface area contributed by atoms with Gasteiger partial charge < -0.3 is 14.2 Å². The van der Waals surface area contributed by atoms with Crippen molar-refractivity contribution >= 4 is 18.0 Å². The molecule has 0 saturated carbocycles. The van der Waals surface area contributed by atoms with Gasteiger partial charge in [-0.3, -0.25) is 4.79 Å². The van der Waals surface area contributed by atoms with E-state index in [0.717, 1.165) is 22.6 Å². The Morgan fingerprint density at radius 2 is 1.75 bits per heavy atom. The first-order chi connectivity index (χ1) is 13.3. The van der Waals surface area contributed by atoms with Crippen LogP contribution in [0.2, 0.25) is 0 Å². The zero-order chi connectivity index (χ0) is 20.6. The van der Waals surface area contributed by atoms with Crippen LogP contribution in [-0.4, -0.2) is 35.0 Å². The molecule has 0 unspecified atom stereocenters. The lowest BCUT2D eigenvalue weighted by molar-refractivity contribution is -0.136. The Labute approximate surface area is 165 Å². The summed E-state index contributed by atoms with van der Waals surface area (Å²) in [6.45, 7) is 10.3. The molecule has 0 atom stereocenters. The number of esters is 1. The van der Waals surface area contributed by atoms with Crippen LogP contribution in [0.15, 0.2) is 47.2 Å². The molecule has 0 spiro atoms. The lowest BCUT2D eigenvalue weighted by Gasteiger charge is -2.14. The quantitative estimate of drug-likeness (QED) is 0.595. The highest BCUT2D eigenvalue weighted by Gasteiger charge is 2.36. The third-order valence-corrected chi connectivity index (χ3v) is 5.28. The standard InChI is InChI=1S/C23H26N2O3/c1-7-24-17(5)21(23(27)28-6)20(22(24)26)13-18-12-15(3)25(16(18)4)19-10-8-14(2)9-11-19/h8-13H,7H2,1-6H3. The number of carbonyl (C=O) groups excluding carboxylic acids is 2. The van der Waals surface area contributed by atoms with Gasteiger partial charge in [0, 0.05) is 29.3 Å². The summed E-state index contributed by atoms with van der Waals surface area (Å²) < 4.78 is 7.08. The van der Waals surface area contributed by atoms with E-state index in [1.165, 1.54) is 12.7 Å². The van der Waals surface area contributed by atoms with Crippen LogP contribution in [0.4, 0.5) is 0 Å². The summed E-state index contributed by atoms with van der Waals surface area (Å²) in [5.41, 5.74) is 6.62. The van der Waals surface area contributed by atoms with E-state index in [9.17, 15) is 9.59 Å². The first kappa shape index (κ1) is 19.7. The Hall–Kier alpha value is -3.08. The molecular formula is C23H26N2O3. The Kier molecular flexibility index (Phi) is 5.27. The number of methoxy groups -OCH3 is 1. The molecular weight excluding hydrogens is 352 g/mol. The maximum absolute atomic E-state index is 12.9. The number of likely N-dealkylation sites (N-methyl/N-ethyl adjacent to an activating group) is 1. The summed E-state index contributed by atoms with van der Waals surface area (Å²) in [6.07, 6.45) is 1.81. The molecule has 1 aliphatic rings. The van der Waals surface area contributed by atoms with E-state index in [4.69, 9.17) is 4.74 Å². The topological polar surface area (TPSA) is 51.5 Å². The number of carbonyl (C=O) groups is 2. The molecule has 5 nitrogen and oxygen atoms in total. The highest BCUT2D eigenvalue weighted by Crippen LogP contribution is 2.33. The van der Waals surface area contributed by atoms with E-state index in [2.05, 4.69) is 35.8 Å². The summed E-state index contributed by atoms with van der Waals surface area (Å²) in [7, 11) is 1.34. The van der Waals surface area contributed by atoms with E-state index < -0.39 is 5.97 Å². The zero-order valence-corrected chi connectivity index (χ0v) is 17.3. The lowest BCUT2D eigenvalue weighted by atomic mass is 10.0. The minimum absolute atomic E-state index is 0.166. The SMILES string of the molecule is CCN1C(=O)C(=Cc2cc(C)n(-c3ccc(C)cc3)c2C)C(C(=O)OC)=C1C. The largest absolute Gasteiger partial charge is 0.465 e. The van der Waals surface area contributed by atoms with Gasteiger partial charge in [-0.2, -0.15) is 0 Å². The molecule has 1 aromatic heterocycles. The highest BCUT2D eigenvalue weighted by molar-refractivity contribution is 6.16. The molecule has 28 heavy (non-hydrogen) atoms. The molecule has 0 aliphatic carbocycles. The maximum Gasteiger partial charge on any atom is 0.340 e. The van der Waals surface area contributed by atoms with Crippen LogP contribution in [0.5, 0.6) is 0 Å². The normalized spacial score (nSPS) is 15.7. The maximum atomic E-state index is 12.9. The number of hydrogen-bond acceptors (Lipinski definition) is 3. The molecule has 1 aromatic carbocycles. The number of ether oxygens (including phenoxy) is 1. The number of allylic oxidation sites excluding steroid dienone is 1. The molecule has 0 saturated heterocycles. The van der Waals surface area contributed by atoms with Crippen LogP contribution < -0.4 is 0 Å². The van der Waals surface area contributed by atoms with Crippen molar-refractivity contribution in [3.05, 3.63) is 69.7 Å². The van der Waals surface area contributed by atoms with Crippen LogP contribution in [0, 0.1) is 20.8 Å². The van der Waals surface area contributed by atoms with Gasteiger partial charge in [-0.1, -0.05) is 17.7 Å². The average Bonchev–Trinajstić information content (AvgIpc) is 3.08. The van der Waals surface area contributed by atoms with Crippen molar-refractivity contribution in [2.45, 2.75) is 34.6 Å². The summed E-state index contributed by atoms with van der Waals surface area (Å²) in [5.74, 6) is -0.652. The van der Waals surface area contributed by atoms with Crippen molar-refractivity contribution in [3.8, 4) is 5.69 Å². The molecule has 5 heteroatoms. The monoisotopic (exact) mass is 378 g/mol. The highest BCUT2D eigenvalue weighted by atomic mass is 16.5. The van der Waals surface area contributed by atoms with Crippen molar-refractivity contribution in [1.82, 2.24) is 9.47 Å². The van der Waals surface area contributed by atoms with Gasteiger partial charge in [0.1, 0.15) is 0 Å². The zero-order valence-electron chi connectivity index (χ0n) is 17.3. The Balaban J connectivity index is 2.13. The fourth-order valence-corrected chi connectivity index (χ4v) is 3.79. The van der Waals surface area contributed by atoms with Crippen molar-refractivity contribution in [2.75, 3.05) is 13.7 Å². The predicted octanol–water partition coefficient (Wildman–Crippen LogP) is 4.10. The van der Waals surface area contributed by atoms with Crippen LogP contribution in [0.1, 0.15) is 36.4 Å². The van der Waals surface area contributed by atoms with Crippen LogP contribution in [0.25, 0.3) is 11.8 Å². The molecule has 0 radical (unpaired) electrons. The number of rotatable bonds is 4. The predicted molar refractivity (Wildman–Crippen MR) is 110 cm³/mol. The van der Waals surface area contributed by atoms with Crippen molar-refractivity contribution in [1.29, 1.82) is 0 Å². The van der Waals surface area contributed by atoms with E-state index in [1.807, 2.05) is 26.8 Å². The second-order valence-electron chi connectivity index (χ2n) is 7.06. The Morgan fingerprint density at radius 3 is 2.32 bits per heavy atom. The number of amides is 1. The summed E-state index contributed by atoms with van der Waals surface area (Å²) in [5, 5.41) is 0. The molecule has 0 bridgehead atoms. The second-order valence-corrected chi connectivity index (χ2v) is 7.06. The fourth-order valence-electron chi connectivity index (χ4n) is 3.79. The average molecular weight is 378 g/mol. The Bertz CT molecular complexity index is 1010. The van der Waals surface area contributed by atoms with Crippen molar-refractivity contribution in [2.24, 2.45) is 0 Å². The van der Waals surface area contributed by atoms with Crippen LogP contribution in [0.3, 0.4) is 0 Å². The first-order valence-corrected chi connectivity index (χ1v) is 9.39. The van der Waals surface area contributed by atoms with Crippen molar-refractivity contribution in [3.63, 3.8) is 0 Å². The van der Waals surface area contributed by atoms with E-state index in [1.54, 1.807) is 17.9 Å². The van der Waals surface area contributed by atoms with Gasteiger partial charge in [0.05, 0.1) is 18.3 Å². The minimum atomic E-state index is -0.486. The van der Waals surface area contributed by atoms with Gasteiger partial charge >= 0.3 is 5.97 Å². The molecule has 1 amide bonds. The molecule has 0 fully saturated rings. The van der Waals surface area contributed by atoms with Crippen LogP contribution >= 0.6 is 0 Å². The summed E-state index contributed by atoms with van der Waals surface area (Å²) >= 11 is 0. The summed E-state index contributed by atoms with van der Waals surface area (Å²) in [4.78, 5) is 26.8. The minimum Gasteiger partial charge on any atom is -0.465 e. The van der Waals surface area contributed by atoms with E-state index in [0.29, 0.717) is 23.4 Å². The molecule has 2 aromatic rings. The van der Waals surface area contributed by atoms with Crippen molar-refractivity contribution < 1.29 is 14.3 Å². The molecule has 3 rings (SSSR count). The van der Waals surface area contributed by atoms with Crippen LogP contribution in [-0.2, 0) is 14.3 Å². The molecule has 146 valence electrons. The van der Waals surface area contributed by atoms with Gasteiger partial charge in [-0.15, -0.1) is 0 Å². The summed E-state index contributed by atoms with van der Waals surface area (Å²) in [6, 6.07) is 10.3. The number of aromatic nitrogens is 1. The smallest absolute Gasteiger partial charge is 0.340 e. The van der Waals surface area contributed by atoms with E-state index >= 15 is 0 Å². The molecule has 1 aliphatic heterocycles. The second kappa shape index (κ2) is 7.50. The molecule has 2 heterocycles. The number of aryl methyl sites for hydroxylation is 2. The Morgan fingerprint density at radius 1 is 1.11 bits per heavy atom. The van der Waals surface area contributed by atoms with Gasteiger partial charge in [0.15, 0.2) is 0 Å². The van der Waals surface area contributed by atoms with Gasteiger partial charge in [0.2, 0.25) is 0 Å². The number of benzene rings is 1. The third-order valence-electron chi connectivity index (χ3n) is 5.28.